The molecule has 0 saturated heterocycles. The fourth-order valence-electron chi connectivity index (χ4n) is 2.73. The van der Waals surface area contributed by atoms with Crippen molar-refractivity contribution in [3.63, 3.8) is 0 Å². The zero-order valence-electron chi connectivity index (χ0n) is 18.0. The summed E-state index contributed by atoms with van der Waals surface area (Å²) in [5, 5.41) is 9.42. The maximum Gasteiger partial charge on any atom is 0.251 e. The first-order valence-electron chi connectivity index (χ1n) is 10.1. The van der Waals surface area contributed by atoms with Crippen LogP contribution >= 0.6 is 24.0 Å². The van der Waals surface area contributed by atoms with Crippen molar-refractivity contribution < 1.29 is 9.53 Å². The van der Waals surface area contributed by atoms with Crippen LogP contribution in [0.2, 0.25) is 0 Å². The minimum atomic E-state index is -0.0482. The number of benzene rings is 2. The van der Waals surface area contributed by atoms with Gasteiger partial charge in [-0.15, -0.1) is 24.0 Å². The fourth-order valence-corrected chi connectivity index (χ4v) is 2.73. The molecule has 1 amide bonds. The number of guanidine groups is 1. The third-order valence-electron chi connectivity index (χ3n) is 4.37. The van der Waals surface area contributed by atoms with Crippen LogP contribution in [-0.4, -0.2) is 38.6 Å². The predicted octanol–water partition coefficient (Wildman–Crippen LogP) is 3.57. The minimum absolute atomic E-state index is 0. The number of hydrogen-bond donors (Lipinski definition) is 3. The van der Waals surface area contributed by atoms with Gasteiger partial charge >= 0.3 is 0 Å². The zero-order valence-corrected chi connectivity index (χ0v) is 20.3. The van der Waals surface area contributed by atoms with Gasteiger partial charge in [0, 0.05) is 32.2 Å². The Balaban J connectivity index is 0.00000450. The molecule has 0 radical (unpaired) electrons. The molecule has 0 aliphatic rings. The van der Waals surface area contributed by atoms with Gasteiger partial charge < -0.3 is 20.7 Å². The van der Waals surface area contributed by atoms with Gasteiger partial charge in [-0.25, -0.2) is 0 Å². The van der Waals surface area contributed by atoms with E-state index in [1.807, 2.05) is 49.4 Å². The molecule has 6 nitrogen and oxygen atoms in total. The van der Waals surface area contributed by atoms with Crippen LogP contribution in [0.25, 0.3) is 0 Å². The third kappa shape index (κ3) is 9.58. The van der Waals surface area contributed by atoms with E-state index in [0.29, 0.717) is 37.8 Å². The Morgan fingerprint density at radius 1 is 1.00 bits per heavy atom. The molecule has 2 rings (SSSR count). The molecule has 0 aliphatic heterocycles. The first-order valence-corrected chi connectivity index (χ1v) is 10.1. The average molecular weight is 524 g/mol. The predicted molar refractivity (Wildman–Crippen MR) is 133 cm³/mol. The molecular weight excluding hydrogens is 491 g/mol. The number of nitrogens with one attached hydrogen (secondary N) is 3. The van der Waals surface area contributed by atoms with Crippen molar-refractivity contribution in [1.82, 2.24) is 16.0 Å². The van der Waals surface area contributed by atoms with Gasteiger partial charge in [0.05, 0.1) is 13.2 Å². The van der Waals surface area contributed by atoms with Crippen LogP contribution in [0.1, 0.15) is 35.3 Å². The number of amides is 1. The van der Waals surface area contributed by atoms with E-state index in [1.54, 1.807) is 7.05 Å². The molecule has 0 heterocycles. The standard InChI is InChI=1S/C23H32N4O2.HI/c1-4-25-22(28)21-12-10-19(11-13-21)15-27-23(24-3)26-14-18(2)16-29-17-20-8-6-5-7-9-20;/h5-13,18H,4,14-17H2,1-3H3,(H,25,28)(H2,24,26,27);1H. The lowest BCUT2D eigenvalue weighted by Crippen LogP contribution is -2.39. The van der Waals surface area contributed by atoms with Gasteiger partial charge in [0.25, 0.3) is 5.91 Å². The second-order valence-corrected chi connectivity index (χ2v) is 6.97. The maximum absolute atomic E-state index is 11.8. The van der Waals surface area contributed by atoms with Crippen molar-refractivity contribution in [2.24, 2.45) is 10.9 Å². The van der Waals surface area contributed by atoms with E-state index in [0.717, 1.165) is 18.1 Å². The molecule has 164 valence electrons. The normalized spacial score (nSPS) is 11.9. The van der Waals surface area contributed by atoms with Crippen LogP contribution in [0, 0.1) is 5.92 Å². The molecular formula is C23H33IN4O2. The Morgan fingerprint density at radius 3 is 2.33 bits per heavy atom. The molecule has 0 bridgehead atoms. The van der Waals surface area contributed by atoms with Crippen LogP contribution in [0.5, 0.6) is 0 Å². The molecule has 1 atom stereocenters. The van der Waals surface area contributed by atoms with E-state index in [4.69, 9.17) is 4.74 Å². The average Bonchev–Trinajstić information content (AvgIpc) is 2.75. The number of hydrogen-bond acceptors (Lipinski definition) is 3. The first kappa shape index (κ1) is 25.9. The lowest BCUT2D eigenvalue weighted by atomic mass is 10.1. The maximum atomic E-state index is 11.8. The number of aliphatic imine (C=N–C) groups is 1. The smallest absolute Gasteiger partial charge is 0.251 e. The molecule has 0 spiro atoms. The molecule has 0 fully saturated rings. The highest BCUT2D eigenvalue weighted by Crippen LogP contribution is 2.05. The quantitative estimate of drug-likeness (QED) is 0.253. The van der Waals surface area contributed by atoms with Gasteiger partial charge in [0.15, 0.2) is 5.96 Å². The number of carbonyl (C=O) groups is 1. The van der Waals surface area contributed by atoms with E-state index in [2.05, 4.69) is 40.0 Å². The van der Waals surface area contributed by atoms with Crippen molar-refractivity contribution in [1.29, 1.82) is 0 Å². The van der Waals surface area contributed by atoms with E-state index in [1.165, 1.54) is 5.56 Å². The van der Waals surface area contributed by atoms with Crippen molar-refractivity contribution >= 4 is 35.8 Å². The highest BCUT2D eigenvalue weighted by atomic mass is 127. The monoisotopic (exact) mass is 524 g/mol. The number of rotatable bonds is 10. The van der Waals surface area contributed by atoms with Gasteiger partial charge in [-0.05, 0) is 36.1 Å². The summed E-state index contributed by atoms with van der Waals surface area (Å²) < 4.78 is 5.79. The van der Waals surface area contributed by atoms with Crippen LogP contribution in [0.15, 0.2) is 59.6 Å². The number of nitrogens with zero attached hydrogens (tertiary/aromatic N) is 1. The first-order chi connectivity index (χ1) is 14.1. The fraction of sp³-hybridized carbons (Fsp3) is 0.391. The van der Waals surface area contributed by atoms with E-state index < -0.39 is 0 Å². The SMILES string of the molecule is CCNC(=O)c1ccc(CNC(=NC)NCC(C)COCc2ccccc2)cc1.I. The molecule has 3 N–H and O–H groups in total. The van der Waals surface area contributed by atoms with Crippen LogP contribution in [0.4, 0.5) is 0 Å². The second kappa shape index (κ2) is 14.8. The number of ether oxygens (including phenoxy) is 1. The molecule has 2 aromatic carbocycles. The van der Waals surface area contributed by atoms with Crippen LogP contribution in [-0.2, 0) is 17.9 Å². The summed E-state index contributed by atoms with van der Waals surface area (Å²) in [7, 11) is 1.75. The zero-order chi connectivity index (χ0) is 20.9. The number of carbonyl (C=O) groups excluding carboxylic acids is 1. The van der Waals surface area contributed by atoms with Crippen molar-refractivity contribution in [2.45, 2.75) is 27.0 Å². The van der Waals surface area contributed by atoms with E-state index in [9.17, 15) is 4.79 Å². The molecule has 30 heavy (non-hydrogen) atoms. The molecule has 2 aromatic rings. The lowest BCUT2D eigenvalue weighted by Gasteiger charge is -2.16. The topological polar surface area (TPSA) is 74.8 Å². The Labute approximate surface area is 196 Å². The second-order valence-electron chi connectivity index (χ2n) is 6.97. The summed E-state index contributed by atoms with van der Waals surface area (Å²) in [6.07, 6.45) is 0. The van der Waals surface area contributed by atoms with Gasteiger partial charge in [-0.1, -0.05) is 49.4 Å². The van der Waals surface area contributed by atoms with Crippen molar-refractivity contribution in [3.05, 3.63) is 71.3 Å². The third-order valence-corrected chi connectivity index (χ3v) is 4.37. The Kier molecular flexibility index (Phi) is 12.8. The molecule has 0 aromatic heterocycles. The Bertz CT molecular complexity index is 767. The van der Waals surface area contributed by atoms with Gasteiger partial charge in [-0.2, -0.15) is 0 Å². The largest absolute Gasteiger partial charge is 0.376 e. The number of halogens is 1. The molecule has 7 heteroatoms. The highest BCUT2D eigenvalue weighted by Gasteiger charge is 2.06. The lowest BCUT2D eigenvalue weighted by molar-refractivity contribution is 0.0931. The van der Waals surface area contributed by atoms with Gasteiger partial charge in [0.1, 0.15) is 0 Å². The summed E-state index contributed by atoms with van der Waals surface area (Å²) in [5.74, 6) is 1.05. The van der Waals surface area contributed by atoms with Crippen molar-refractivity contribution in [2.75, 3.05) is 26.7 Å². The van der Waals surface area contributed by atoms with Crippen LogP contribution < -0.4 is 16.0 Å². The summed E-state index contributed by atoms with van der Waals surface area (Å²) >= 11 is 0. The molecule has 0 aliphatic carbocycles. The van der Waals surface area contributed by atoms with Crippen LogP contribution in [0.3, 0.4) is 0 Å². The summed E-state index contributed by atoms with van der Waals surface area (Å²) in [6, 6.07) is 17.8. The van der Waals surface area contributed by atoms with Gasteiger partial charge in [-0.3, -0.25) is 9.79 Å². The Hall–Kier alpha value is -2.13. The van der Waals surface area contributed by atoms with Gasteiger partial charge in [0.2, 0.25) is 0 Å². The minimum Gasteiger partial charge on any atom is -0.376 e. The summed E-state index contributed by atoms with van der Waals surface area (Å²) in [4.78, 5) is 16.1. The summed E-state index contributed by atoms with van der Waals surface area (Å²) in [6.45, 7) is 7.39. The van der Waals surface area contributed by atoms with Crippen molar-refractivity contribution in [3.8, 4) is 0 Å². The molecule has 0 saturated carbocycles. The highest BCUT2D eigenvalue weighted by molar-refractivity contribution is 14.0. The molecule has 1 unspecified atom stereocenters. The Morgan fingerprint density at radius 2 is 1.70 bits per heavy atom. The van der Waals surface area contributed by atoms with E-state index in [-0.39, 0.29) is 29.9 Å². The van der Waals surface area contributed by atoms with E-state index >= 15 is 0 Å². The summed E-state index contributed by atoms with van der Waals surface area (Å²) in [5.41, 5.74) is 2.94.